The second-order valence-electron chi connectivity index (χ2n) is 9.29. The highest BCUT2D eigenvalue weighted by Gasteiger charge is 2.29. The number of aryl methyl sites for hydroxylation is 3. The molecular formula is C31H44O. The smallest absolute Gasteiger partial charge is 0.127 e. The van der Waals surface area contributed by atoms with Crippen molar-refractivity contribution in [2.45, 2.75) is 92.6 Å². The van der Waals surface area contributed by atoms with Crippen molar-refractivity contribution in [1.82, 2.24) is 0 Å². The molecule has 0 bridgehead atoms. The predicted octanol–water partition coefficient (Wildman–Crippen LogP) is 9.49. The van der Waals surface area contributed by atoms with E-state index in [4.69, 9.17) is 4.74 Å². The number of rotatable bonds is 8. The zero-order valence-electron chi connectivity index (χ0n) is 21.3. The molecule has 0 amide bonds. The van der Waals surface area contributed by atoms with Gasteiger partial charge in [-0.1, -0.05) is 108 Å². The molecule has 0 radical (unpaired) electrons. The van der Waals surface area contributed by atoms with Gasteiger partial charge in [-0.05, 0) is 72.9 Å². The van der Waals surface area contributed by atoms with Gasteiger partial charge < -0.3 is 4.74 Å². The molecule has 1 heteroatoms. The highest BCUT2D eigenvalue weighted by atomic mass is 16.5. The second kappa shape index (κ2) is 13.3. The maximum absolute atomic E-state index is 6.67. The molecule has 0 N–H and O–H groups in total. The van der Waals surface area contributed by atoms with E-state index in [1.807, 2.05) is 12.2 Å². The lowest BCUT2D eigenvalue weighted by Crippen LogP contribution is -2.23. The zero-order valence-corrected chi connectivity index (χ0v) is 21.3. The molecule has 3 rings (SSSR count). The molecule has 32 heavy (non-hydrogen) atoms. The Labute approximate surface area is 197 Å². The maximum Gasteiger partial charge on any atom is 0.127 e. The van der Waals surface area contributed by atoms with Gasteiger partial charge in [-0.2, -0.15) is 0 Å². The number of hydrogen-bond donors (Lipinski definition) is 0. The molecule has 1 nitrogen and oxygen atoms in total. The lowest BCUT2D eigenvalue weighted by atomic mass is 9.82. The first kappa shape index (κ1) is 26.0. The Morgan fingerprint density at radius 1 is 1.00 bits per heavy atom. The average molecular weight is 433 g/mol. The molecule has 2 aromatic carbocycles. The van der Waals surface area contributed by atoms with Crippen LogP contribution >= 0.6 is 0 Å². The van der Waals surface area contributed by atoms with Crippen LogP contribution in [0.2, 0.25) is 0 Å². The van der Waals surface area contributed by atoms with Gasteiger partial charge in [-0.15, -0.1) is 0 Å². The van der Waals surface area contributed by atoms with Crippen LogP contribution in [0, 0.1) is 26.7 Å². The number of unbranched alkanes of at least 4 members (excludes halogenated alkanes) is 4. The molecule has 1 aliphatic carbocycles. The van der Waals surface area contributed by atoms with Crippen LogP contribution in [-0.2, 0) is 6.42 Å². The molecule has 2 atom stereocenters. The van der Waals surface area contributed by atoms with Gasteiger partial charge in [0.25, 0.3) is 0 Å². The summed E-state index contributed by atoms with van der Waals surface area (Å²) in [5.41, 5.74) is 7.71. The number of benzene rings is 2. The molecule has 0 aromatic heterocycles. The van der Waals surface area contributed by atoms with E-state index in [2.05, 4.69) is 84.5 Å². The summed E-state index contributed by atoms with van der Waals surface area (Å²) in [6.07, 6.45) is 15.4. The molecular weight excluding hydrogens is 388 g/mol. The number of fused-ring (bicyclic) bond motifs is 1. The number of allylic oxidation sites excluding steroid dienone is 2. The average Bonchev–Trinajstić information content (AvgIpc) is 2.78. The topological polar surface area (TPSA) is 9.23 Å². The van der Waals surface area contributed by atoms with Gasteiger partial charge in [-0.3, -0.25) is 0 Å². The molecule has 0 spiro atoms. The van der Waals surface area contributed by atoms with Crippen LogP contribution in [-0.4, -0.2) is 0 Å². The summed E-state index contributed by atoms with van der Waals surface area (Å²) in [6, 6.07) is 11.0. The Bertz CT molecular complexity index is 886. The first-order chi connectivity index (χ1) is 15.4. The van der Waals surface area contributed by atoms with Gasteiger partial charge in [0.05, 0.1) is 0 Å². The molecule has 1 aliphatic rings. The molecule has 0 saturated carbocycles. The van der Waals surface area contributed by atoms with Gasteiger partial charge >= 0.3 is 0 Å². The van der Waals surface area contributed by atoms with E-state index < -0.39 is 0 Å². The van der Waals surface area contributed by atoms with Crippen LogP contribution in [0.4, 0.5) is 0 Å². The fourth-order valence-corrected chi connectivity index (χ4v) is 4.65. The molecule has 0 fully saturated rings. The van der Waals surface area contributed by atoms with Crippen molar-refractivity contribution in [3.8, 4) is 5.75 Å². The normalized spacial score (nSPS) is 17.4. The summed E-state index contributed by atoms with van der Waals surface area (Å²) in [5.74, 6) is 1.55. The monoisotopic (exact) mass is 432 g/mol. The van der Waals surface area contributed by atoms with Crippen molar-refractivity contribution >= 4 is 6.08 Å². The molecule has 0 heterocycles. The lowest BCUT2D eigenvalue weighted by molar-refractivity contribution is 0.127. The van der Waals surface area contributed by atoms with E-state index in [9.17, 15) is 0 Å². The van der Waals surface area contributed by atoms with E-state index in [-0.39, 0.29) is 6.10 Å². The Balaban J connectivity index is 0.000000451. The van der Waals surface area contributed by atoms with E-state index >= 15 is 0 Å². The minimum atomic E-state index is 0.126. The van der Waals surface area contributed by atoms with E-state index in [1.54, 1.807) is 0 Å². The quantitative estimate of drug-likeness (QED) is 0.298. The van der Waals surface area contributed by atoms with Crippen LogP contribution in [0.1, 0.15) is 98.8 Å². The molecule has 0 aliphatic heterocycles. The van der Waals surface area contributed by atoms with Gasteiger partial charge in [0.1, 0.15) is 11.9 Å². The molecule has 174 valence electrons. The van der Waals surface area contributed by atoms with Crippen molar-refractivity contribution in [1.29, 1.82) is 0 Å². The summed E-state index contributed by atoms with van der Waals surface area (Å²) < 4.78 is 6.67. The van der Waals surface area contributed by atoms with Crippen molar-refractivity contribution in [3.05, 3.63) is 82.4 Å². The van der Waals surface area contributed by atoms with Crippen LogP contribution in [0.5, 0.6) is 5.75 Å². The van der Waals surface area contributed by atoms with Crippen molar-refractivity contribution in [2.75, 3.05) is 0 Å². The molecule has 0 saturated heterocycles. The Morgan fingerprint density at radius 2 is 1.69 bits per heavy atom. The zero-order chi connectivity index (χ0) is 23.5. The molecule has 1 unspecified atom stereocenters. The third-order valence-corrected chi connectivity index (χ3v) is 6.56. The van der Waals surface area contributed by atoms with Crippen molar-refractivity contribution < 1.29 is 4.74 Å². The maximum atomic E-state index is 6.67. The highest BCUT2D eigenvalue weighted by Crippen LogP contribution is 2.40. The first-order valence-corrected chi connectivity index (χ1v) is 12.6. The molecule has 2 aromatic rings. The van der Waals surface area contributed by atoms with Gasteiger partial charge in [0.15, 0.2) is 0 Å². The van der Waals surface area contributed by atoms with Crippen LogP contribution in [0.15, 0.2) is 49.1 Å². The Kier molecular flexibility index (Phi) is 10.8. The standard InChI is InChI=1S/C24H28O.C7H16/c1-6-7-11-21-17(3)15-18(4)23(19(21)5)25-24-16(2)13-14-20-10-8-9-12-22(20)24;1-3-5-7-6-4-2/h6-12,15-16,24H,1,13-14H2,2-5H3;3-7H2,1-2H3/b11-7-;/t16?,24-;/m1./s1. The van der Waals surface area contributed by atoms with Crippen LogP contribution in [0.25, 0.3) is 6.08 Å². The minimum Gasteiger partial charge on any atom is -0.485 e. The van der Waals surface area contributed by atoms with Crippen molar-refractivity contribution in [3.63, 3.8) is 0 Å². The Hall–Kier alpha value is -2.28. The van der Waals surface area contributed by atoms with Gasteiger partial charge in [0.2, 0.25) is 0 Å². The largest absolute Gasteiger partial charge is 0.485 e. The Morgan fingerprint density at radius 3 is 2.34 bits per heavy atom. The fourth-order valence-electron chi connectivity index (χ4n) is 4.65. The van der Waals surface area contributed by atoms with Crippen LogP contribution in [0.3, 0.4) is 0 Å². The lowest BCUT2D eigenvalue weighted by Gasteiger charge is -2.33. The summed E-state index contributed by atoms with van der Waals surface area (Å²) in [6.45, 7) is 17.1. The highest BCUT2D eigenvalue weighted by molar-refractivity contribution is 5.64. The first-order valence-electron chi connectivity index (χ1n) is 12.6. The van der Waals surface area contributed by atoms with E-state index in [0.29, 0.717) is 5.92 Å². The van der Waals surface area contributed by atoms with Gasteiger partial charge in [-0.25, -0.2) is 0 Å². The third kappa shape index (κ3) is 6.86. The third-order valence-electron chi connectivity index (χ3n) is 6.56. The van der Waals surface area contributed by atoms with E-state index in [0.717, 1.165) is 12.2 Å². The number of hydrogen-bond acceptors (Lipinski definition) is 1. The van der Waals surface area contributed by atoms with Gasteiger partial charge in [0, 0.05) is 0 Å². The second-order valence-corrected chi connectivity index (χ2v) is 9.29. The predicted molar refractivity (Wildman–Crippen MR) is 142 cm³/mol. The van der Waals surface area contributed by atoms with Crippen molar-refractivity contribution in [2.24, 2.45) is 5.92 Å². The van der Waals surface area contributed by atoms with E-state index in [1.165, 1.54) is 71.9 Å². The summed E-state index contributed by atoms with van der Waals surface area (Å²) in [5, 5.41) is 0. The SMILES string of the molecule is C=C/C=C\c1c(C)cc(C)c(O[C@H]2c3ccccc3CCC2C)c1C.CCCCCCC. The fraction of sp³-hybridized carbons (Fsp3) is 0.484. The van der Waals surface area contributed by atoms with Crippen LogP contribution < -0.4 is 4.74 Å². The number of ether oxygens (including phenoxy) is 1. The summed E-state index contributed by atoms with van der Waals surface area (Å²) >= 11 is 0. The summed E-state index contributed by atoms with van der Waals surface area (Å²) in [7, 11) is 0. The summed E-state index contributed by atoms with van der Waals surface area (Å²) in [4.78, 5) is 0. The minimum absolute atomic E-state index is 0.126.